The summed E-state index contributed by atoms with van der Waals surface area (Å²) in [5.74, 6) is -0.0757. The molecule has 6 heteroatoms. The first-order valence-corrected chi connectivity index (χ1v) is 29.6. The molecule has 0 aromatic heterocycles. The van der Waals surface area contributed by atoms with Crippen molar-refractivity contribution in [3.8, 4) is 0 Å². The van der Waals surface area contributed by atoms with Crippen molar-refractivity contribution in [2.24, 2.45) is 0 Å². The number of carbonyl (C=O) groups is 2. The van der Waals surface area contributed by atoms with Crippen LogP contribution >= 0.6 is 0 Å². The number of ether oxygens (including phenoxy) is 1. The summed E-state index contributed by atoms with van der Waals surface area (Å²) in [5, 5.41) is 23.1. The topological polar surface area (TPSA) is 95.9 Å². The summed E-state index contributed by atoms with van der Waals surface area (Å²) in [6, 6.07) is -0.638. The predicted molar refractivity (Wildman–Crippen MR) is 287 cm³/mol. The van der Waals surface area contributed by atoms with Crippen molar-refractivity contribution in [1.82, 2.24) is 5.32 Å². The highest BCUT2D eigenvalue weighted by atomic mass is 16.5. The van der Waals surface area contributed by atoms with Crippen molar-refractivity contribution in [3.63, 3.8) is 0 Å². The SMILES string of the molecule is CCCCCCCCCCCCCCCCC/C=C/C(O)C(CO)NC(=O)CCCCCCC/C=C\CCCCCCCCCCCOC(=O)CCCCCCCCCCCCCCCC. The standard InChI is InChI=1S/C60H115NO5/c1-3-5-7-9-11-13-15-17-19-22-25-28-32-36-40-44-48-52-58(63)57(56-62)61-59(64)53-49-45-41-37-33-29-26-23-20-21-24-27-31-35-39-43-47-51-55-66-60(65)54-50-46-42-38-34-30-18-16-14-12-10-8-6-4-2/h23,26,48,52,57-58,62-63H,3-22,24-25,27-47,49-51,53-56H2,1-2H3,(H,61,64)/b26-23-,52-48+. The van der Waals surface area contributed by atoms with Crippen LogP contribution in [0.1, 0.15) is 322 Å². The molecule has 0 heterocycles. The van der Waals surface area contributed by atoms with Gasteiger partial charge in [-0.1, -0.05) is 276 Å². The Morgan fingerprint density at radius 3 is 1.08 bits per heavy atom. The zero-order chi connectivity index (χ0) is 47.9. The highest BCUT2D eigenvalue weighted by Crippen LogP contribution is 2.17. The number of allylic oxidation sites excluding steroid dienone is 3. The van der Waals surface area contributed by atoms with Crippen LogP contribution in [-0.4, -0.2) is 47.4 Å². The molecule has 1 amide bonds. The van der Waals surface area contributed by atoms with Crippen LogP contribution in [0.4, 0.5) is 0 Å². The van der Waals surface area contributed by atoms with E-state index in [1.54, 1.807) is 6.08 Å². The maximum Gasteiger partial charge on any atom is 0.305 e. The van der Waals surface area contributed by atoms with Crippen LogP contribution in [0.25, 0.3) is 0 Å². The molecule has 0 aliphatic heterocycles. The Hall–Kier alpha value is -1.66. The van der Waals surface area contributed by atoms with Crippen LogP contribution < -0.4 is 5.32 Å². The van der Waals surface area contributed by atoms with Gasteiger partial charge in [0.05, 0.1) is 25.4 Å². The van der Waals surface area contributed by atoms with Gasteiger partial charge in [0.25, 0.3) is 0 Å². The van der Waals surface area contributed by atoms with E-state index < -0.39 is 12.1 Å². The molecule has 2 unspecified atom stereocenters. The van der Waals surface area contributed by atoms with Crippen molar-refractivity contribution < 1.29 is 24.5 Å². The molecule has 0 saturated heterocycles. The van der Waals surface area contributed by atoms with E-state index in [1.807, 2.05) is 6.08 Å². The van der Waals surface area contributed by atoms with Gasteiger partial charge in [0.2, 0.25) is 5.91 Å². The normalized spacial score (nSPS) is 12.7. The Balaban J connectivity index is 3.47. The molecule has 0 rings (SSSR count). The van der Waals surface area contributed by atoms with Gasteiger partial charge in [0.1, 0.15) is 0 Å². The van der Waals surface area contributed by atoms with Crippen LogP contribution in [0, 0.1) is 0 Å². The summed E-state index contributed by atoms with van der Waals surface area (Å²) in [4.78, 5) is 24.5. The number of carbonyl (C=O) groups excluding carboxylic acids is 2. The lowest BCUT2D eigenvalue weighted by molar-refractivity contribution is -0.143. The minimum absolute atomic E-state index is 0.00461. The van der Waals surface area contributed by atoms with E-state index in [2.05, 4.69) is 31.3 Å². The Kier molecular flexibility index (Phi) is 54.5. The predicted octanol–water partition coefficient (Wildman–Crippen LogP) is 18.2. The largest absolute Gasteiger partial charge is 0.466 e. The fourth-order valence-corrected chi connectivity index (χ4v) is 9.16. The van der Waals surface area contributed by atoms with Gasteiger partial charge in [0.15, 0.2) is 0 Å². The Labute approximate surface area is 411 Å². The first-order valence-electron chi connectivity index (χ1n) is 29.6. The zero-order valence-electron chi connectivity index (χ0n) is 44.4. The van der Waals surface area contributed by atoms with Crippen LogP contribution in [0.3, 0.4) is 0 Å². The average Bonchev–Trinajstić information content (AvgIpc) is 3.32. The molecule has 6 nitrogen and oxygen atoms in total. The molecule has 0 radical (unpaired) electrons. The van der Waals surface area contributed by atoms with Gasteiger partial charge >= 0.3 is 5.97 Å². The summed E-state index contributed by atoms with van der Waals surface area (Å²) >= 11 is 0. The number of hydrogen-bond donors (Lipinski definition) is 3. The highest BCUT2D eigenvalue weighted by Gasteiger charge is 2.18. The van der Waals surface area contributed by atoms with E-state index in [4.69, 9.17) is 4.74 Å². The number of unbranched alkanes of at least 4 members (excludes halogenated alkanes) is 42. The van der Waals surface area contributed by atoms with Gasteiger partial charge in [-0.3, -0.25) is 9.59 Å². The molecular formula is C60H115NO5. The molecule has 390 valence electrons. The third kappa shape index (κ3) is 51.7. The highest BCUT2D eigenvalue weighted by molar-refractivity contribution is 5.76. The van der Waals surface area contributed by atoms with Crippen LogP contribution in [0.2, 0.25) is 0 Å². The molecule has 0 bridgehead atoms. The fraction of sp³-hybridized carbons (Fsp3) is 0.900. The van der Waals surface area contributed by atoms with Gasteiger partial charge in [0, 0.05) is 12.8 Å². The van der Waals surface area contributed by atoms with Crippen molar-refractivity contribution in [1.29, 1.82) is 0 Å². The van der Waals surface area contributed by atoms with Crippen molar-refractivity contribution >= 4 is 11.9 Å². The Bertz CT molecular complexity index is 1030. The van der Waals surface area contributed by atoms with Crippen LogP contribution in [-0.2, 0) is 14.3 Å². The summed E-state index contributed by atoms with van der Waals surface area (Å²) in [5.41, 5.74) is 0. The second-order valence-corrected chi connectivity index (χ2v) is 20.3. The molecule has 0 aromatic rings. The quantitative estimate of drug-likeness (QED) is 0.0321. The molecule has 2 atom stereocenters. The number of esters is 1. The van der Waals surface area contributed by atoms with Gasteiger partial charge in [-0.15, -0.1) is 0 Å². The van der Waals surface area contributed by atoms with Gasteiger partial charge in [-0.25, -0.2) is 0 Å². The van der Waals surface area contributed by atoms with Gasteiger partial charge in [-0.05, 0) is 57.8 Å². The van der Waals surface area contributed by atoms with E-state index in [9.17, 15) is 19.8 Å². The molecule has 0 spiro atoms. The maximum absolute atomic E-state index is 12.5. The number of nitrogens with one attached hydrogen (secondary N) is 1. The molecule has 0 aliphatic carbocycles. The van der Waals surface area contributed by atoms with E-state index in [0.29, 0.717) is 19.4 Å². The third-order valence-electron chi connectivity index (χ3n) is 13.7. The average molecular weight is 931 g/mol. The third-order valence-corrected chi connectivity index (χ3v) is 13.7. The zero-order valence-corrected chi connectivity index (χ0v) is 44.4. The molecule has 0 aromatic carbocycles. The molecule has 0 fully saturated rings. The smallest absolute Gasteiger partial charge is 0.305 e. The summed E-state index contributed by atoms with van der Waals surface area (Å²) in [7, 11) is 0. The molecule has 66 heavy (non-hydrogen) atoms. The second kappa shape index (κ2) is 55.9. The lowest BCUT2D eigenvalue weighted by Crippen LogP contribution is -2.45. The molecular weight excluding hydrogens is 815 g/mol. The van der Waals surface area contributed by atoms with E-state index in [1.165, 1.54) is 238 Å². The van der Waals surface area contributed by atoms with Crippen molar-refractivity contribution in [2.75, 3.05) is 13.2 Å². The minimum Gasteiger partial charge on any atom is -0.466 e. The van der Waals surface area contributed by atoms with Crippen molar-refractivity contribution in [3.05, 3.63) is 24.3 Å². The van der Waals surface area contributed by atoms with E-state index >= 15 is 0 Å². The van der Waals surface area contributed by atoms with E-state index in [0.717, 1.165) is 57.8 Å². The van der Waals surface area contributed by atoms with Crippen LogP contribution in [0.15, 0.2) is 24.3 Å². The van der Waals surface area contributed by atoms with E-state index in [-0.39, 0.29) is 18.5 Å². The fourth-order valence-electron chi connectivity index (χ4n) is 9.16. The molecule has 0 aliphatic rings. The monoisotopic (exact) mass is 930 g/mol. The van der Waals surface area contributed by atoms with Crippen LogP contribution in [0.5, 0.6) is 0 Å². The number of aliphatic hydroxyl groups excluding tert-OH is 2. The summed E-state index contributed by atoms with van der Waals surface area (Å²) in [6.45, 7) is 4.91. The first-order chi connectivity index (χ1) is 32.5. The Morgan fingerprint density at radius 1 is 0.409 bits per heavy atom. The maximum atomic E-state index is 12.5. The lowest BCUT2D eigenvalue weighted by Gasteiger charge is -2.20. The number of amides is 1. The first kappa shape index (κ1) is 64.3. The summed E-state index contributed by atoms with van der Waals surface area (Å²) in [6.07, 6.45) is 67.7. The van der Waals surface area contributed by atoms with Gasteiger partial charge in [-0.2, -0.15) is 0 Å². The number of rotatable bonds is 55. The Morgan fingerprint density at radius 2 is 0.712 bits per heavy atom. The second-order valence-electron chi connectivity index (χ2n) is 20.3. The molecule has 3 N–H and O–H groups in total. The lowest BCUT2D eigenvalue weighted by atomic mass is 10.0. The summed E-state index contributed by atoms with van der Waals surface area (Å²) < 4.78 is 5.47. The minimum atomic E-state index is -0.853. The molecule has 0 saturated carbocycles. The number of aliphatic hydroxyl groups is 2. The van der Waals surface area contributed by atoms with Gasteiger partial charge < -0.3 is 20.3 Å². The number of hydrogen-bond acceptors (Lipinski definition) is 5. The van der Waals surface area contributed by atoms with Crippen molar-refractivity contribution in [2.45, 2.75) is 334 Å².